The van der Waals surface area contributed by atoms with Gasteiger partial charge < -0.3 is 15.7 Å². The van der Waals surface area contributed by atoms with Crippen LogP contribution in [0.25, 0.3) is 10.8 Å². The molecule has 0 spiro atoms. The van der Waals surface area contributed by atoms with Gasteiger partial charge in [0.15, 0.2) is 0 Å². The largest absolute Gasteiger partial charge is 0.384 e. The summed E-state index contributed by atoms with van der Waals surface area (Å²) in [6.07, 6.45) is 0. The molecule has 0 radical (unpaired) electrons. The van der Waals surface area contributed by atoms with Crippen molar-refractivity contribution < 1.29 is 14.6 Å². The Kier molecular flexibility index (Phi) is 6.19. The Morgan fingerprint density at radius 2 is 1.63 bits per heavy atom. The van der Waals surface area contributed by atoms with Gasteiger partial charge in [-0.2, -0.15) is 0 Å². The highest BCUT2D eigenvalue weighted by Gasteiger charge is 2.02. The number of hydrogen-bond donors (Lipinski definition) is 3. The van der Waals surface area contributed by atoms with Gasteiger partial charge in [0.25, 0.3) is 0 Å². The van der Waals surface area contributed by atoms with Crippen molar-refractivity contribution in [3.05, 3.63) is 48.0 Å². The molecule has 0 aliphatic carbocycles. The molecule has 2 aromatic carbocycles. The van der Waals surface area contributed by atoms with Crippen molar-refractivity contribution in [3.63, 3.8) is 0 Å². The molecule has 0 fully saturated rings. The molecule has 0 amide bonds. The maximum absolute atomic E-state index is 9.63. The first kappa shape index (κ1) is 15.9. The number of aliphatic hydroxyl groups excluding tert-OH is 1. The summed E-state index contributed by atoms with van der Waals surface area (Å²) in [4.78, 5) is 7.93. The number of benzene rings is 2. The van der Waals surface area contributed by atoms with Crippen LogP contribution in [0.15, 0.2) is 42.5 Å². The van der Waals surface area contributed by atoms with Gasteiger partial charge >= 0.3 is 0 Å². The Labute approximate surface area is 113 Å². The molecule has 3 atom stereocenters. The number of nitrogens with two attached hydrogens (primary N) is 1. The molecule has 0 bridgehead atoms. The van der Waals surface area contributed by atoms with E-state index in [0.29, 0.717) is 0 Å². The van der Waals surface area contributed by atoms with E-state index < -0.39 is 13.9 Å². The van der Waals surface area contributed by atoms with Crippen LogP contribution < -0.4 is 5.73 Å². The Bertz CT molecular complexity index is 550. The summed E-state index contributed by atoms with van der Waals surface area (Å²) in [5, 5.41) is 10.6. The molecule has 19 heavy (non-hydrogen) atoms. The minimum Gasteiger partial charge on any atom is -0.384 e. The molecule has 5 heteroatoms. The van der Waals surface area contributed by atoms with Crippen molar-refractivity contribution in [1.82, 2.24) is 0 Å². The smallest absolute Gasteiger partial charge is 0.216 e. The quantitative estimate of drug-likeness (QED) is 0.739. The van der Waals surface area contributed by atoms with Crippen molar-refractivity contribution in [2.45, 2.75) is 25.7 Å². The molecule has 4 N–H and O–H groups in total. The average molecular weight is 281 g/mol. The summed E-state index contributed by atoms with van der Waals surface area (Å²) in [5.74, 6) is -1.05. The summed E-state index contributed by atoms with van der Waals surface area (Å²) in [6.45, 7) is 3.29. The van der Waals surface area contributed by atoms with Crippen LogP contribution in [0, 0.1) is 0 Å². The van der Waals surface area contributed by atoms with Gasteiger partial charge in [-0.1, -0.05) is 42.5 Å². The molecule has 3 unspecified atom stereocenters. The molecule has 104 valence electrons. The van der Waals surface area contributed by atoms with Gasteiger partial charge in [0.05, 0.1) is 0 Å². The lowest BCUT2D eigenvalue weighted by Crippen LogP contribution is -2.05. The van der Waals surface area contributed by atoms with E-state index in [0.717, 1.165) is 0 Å². The average Bonchev–Trinajstić information content (AvgIpc) is 2.38. The zero-order valence-electron chi connectivity index (χ0n) is 11.1. The topological polar surface area (TPSA) is 83.5 Å². The van der Waals surface area contributed by atoms with Crippen LogP contribution in [-0.4, -0.2) is 15.8 Å². The minimum atomic E-state index is -2.65. The van der Waals surface area contributed by atoms with Crippen LogP contribution >= 0.6 is 8.03 Å². The van der Waals surface area contributed by atoms with Crippen molar-refractivity contribution >= 4 is 18.8 Å². The monoisotopic (exact) mass is 281 g/mol. The van der Waals surface area contributed by atoms with E-state index in [2.05, 4.69) is 30.3 Å². The number of hydrogen-bond acceptors (Lipinski definition) is 3. The van der Waals surface area contributed by atoms with E-state index in [4.69, 9.17) is 15.7 Å². The van der Waals surface area contributed by atoms with Crippen molar-refractivity contribution in [2.75, 3.05) is 0 Å². The molecule has 0 aromatic heterocycles. The summed E-state index contributed by atoms with van der Waals surface area (Å²) in [7, 11) is -2.65. The second kappa shape index (κ2) is 7.41. The van der Waals surface area contributed by atoms with Gasteiger partial charge in [0, 0.05) is 6.04 Å². The van der Waals surface area contributed by atoms with Crippen LogP contribution in [0.4, 0.5) is 0 Å². The van der Waals surface area contributed by atoms with E-state index in [1.165, 1.54) is 23.3 Å². The number of rotatable bonds is 2. The molecular weight excluding hydrogens is 261 g/mol. The predicted octanol–water partition coefficient (Wildman–Crippen LogP) is 2.65. The van der Waals surface area contributed by atoms with E-state index in [-0.39, 0.29) is 6.04 Å². The first-order chi connectivity index (χ1) is 8.93. The highest BCUT2D eigenvalue weighted by molar-refractivity contribution is 7.38. The summed E-state index contributed by atoms with van der Waals surface area (Å²) in [5.41, 5.74) is 7.10. The fourth-order valence-electron chi connectivity index (χ4n) is 1.65. The molecule has 2 rings (SSSR count). The molecule has 0 heterocycles. The molecular formula is C14H20NO3P. The third-order valence-corrected chi connectivity index (χ3v) is 3.39. The summed E-state index contributed by atoms with van der Waals surface area (Å²) >= 11 is 0. The molecule has 2 aromatic rings. The van der Waals surface area contributed by atoms with Crippen molar-refractivity contribution in [2.24, 2.45) is 5.73 Å². The zero-order chi connectivity index (χ0) is 14.4. The van der Waals surface area contributed by atoms with E-state index in [1.807, 2.05) is 19.1 Å². The molecule has 4 nitrogen and oxygen atoms in total. The second-order valence-electron chi connectivity index (χ2n) is 4.37. The van der Waals surface area contributed by atoms with E-state index in [1.54, 1.807) is 0 Å². The van der Waals surface area contributed by atoms with Gasteiger partial charge in [0.2, 0.25) is 8.03 Å². The third kappa shape index (κ3) is 4.77. The van der Waals surface area contributed by atoms with Gasteiger partial charge in [0.1, 0.15) is 5.85 Å². The molecule has 0 aliphatic heterocycles. The highest BCUT2D eigenvalue weighted by Crippen LogP contribution is 2.22. The Morgan fingerprint density at radius 3 is 2.16 bits per heavy atom. The lowest BCUT2D eigenvalue weighted by molar-refractivity contribution is 0.257. The fraction of sp³-hybridized carbons (Fsp3) is 0.286. The number of fused-ring (bicyclic) bond motifs is 1. The van der Waals surface area contributed by atoms with Gasteiger partial charge in [-0.3, -0.25) is 4.57 Å². The van der Waals surface area contributed by atoms with Gasteiger partial charge in [-0.15, -0.1) is 0 Å². The molecule has 0 saturated heterocycles. The van der Waals surface area contributed by atoms with Crippen LogP contribution in [0.5, 0.6) is 0 Å². The van der Waals surface area contributed by atoms with Crippen LogP contribution in [0.1, 0.15) is 25.5 Å². The Balaban J connectivity index is 0.000000258. The van der Waals surface area contributed by atoms with Crippen LogP contribution in [0.3, 0.4) is 0 Å². The summed E-state index contributed by atoms with van der Waals surface area (Å²) < 4.78 is 9.63. The minimum absolute atomic E-state index is 0.103. The van der Waals surface area contributed by atoms with E-state index >= 15 is 0 Å². The van der Waals surface area contributed by atoms with Crippen molar-refractivity contribution in [3.8, 4) is 0 Å². The third-order valence-electron chi connectivity index (χ3n) is 2.67. The SMILES string of the molecule is CC(N)c1cccc2ccccc12.CC(O)[PH](=O)O. The van der Waals surface area contributed by atoms with Crippen molar-refractivity contribution in [1.29, 1.82) is 0 Å². The molecule has 0 aliphatic rings. The maximum Gasteiger partial charge on any atom is 0.216 e. The number of aliphatic hydroxyl groups is 1. The highest BCUT2D eigenvalue weighted by atomic mass is 31.1. The van der Waals surface area contributed by atoms with Crippen LogP contribution in [-0.2, 0) is 4.57 Å². The summed E-state index contributed by atoms with van der Waals surface area (Å²) in [6, 6.07) is 14.7. The first-order valence-corrected chi connectivity index (χ1v) is 7.51. The maximum atomic E-state index is 9.63. The Morgan fingerprint density at radius 1 is 1.11 bits per heavy atom. The zero-order valence-corrected chi connectivity index (χ0v) is 12.1. The van der Waals surface area contributed by atoms with Gasteiger partial charge in [-0.25, -0.2) is 0 Å². The predicted molar refractivity (Wildman–Crippen MR) is 79.5 cm³/mol. The first-order valence-electron chi connectivity index (χ1n) is 6.07. The second-order valence-corrected chi connectivity index (χ2v) is 5.88. The van der Waals surface area contributed by atoms with Gasteiger partial charge in [-0.05, 0) is 30.2 Å². The van der Waals surface area contributed by atoms with Crippen LogP contribution in [0.2, 0.25) is 0 Å². The molecule has 0 saturated carbocycles. The van der Waals surface area contributed by atoms with E-state index in [9.17, 15) is 4.57 Å². The standard InChI is InChI=1S/C12H13N.C2H7O3P/c1-9(13)11-8-4-6-10-5-2-3-7-12(10)11;1-2(3)6(4)5/h2-9H,13H2,1H3;2-3,6H,1H3,(H,4,5). The normalized spacial score (nSPS) is 15.2. The fourth-order valence-corrected chi connectivity index (χ4v) is 1.65. The lowest BCUT2D eigenvalue weighted by atomic mass is 10.0. The Hall–Kier alpha value is -1.19. The lowest BCUT2D eigenvalue weighted by Gasteiger charge is -2.09.